The van der Waals surface area contributed by atoms with Crippen molar-refractivity contribution in [3.8, 4) is 22.9 Å². The van der Waals surface area contributed by atoms with Gasteiger partial charge in [-0.15, -0.1) is 11.6 Å². The summed E-state index contributed by atoms with van der Waals surface area (Å²) in [4.78, 5) is 1.06. The van der Waals surface area contributed by atoms with Crippen molar-refractivity contribution in [2.75, 3.05) is 18.7 Å². The minimum absolute atomic E-state index is 0.275. The number of rotatable bonds is 8. The number of aryl methyl sites for hydroxylation is 1. The molecular weight excluding hydrogens is 571 g/mol. The molecule has 0 unspecified atom stereocenters. The molecule has 9 heteroatoms. The smallest absolute Gasteiger partial charge is 0.230 e. The maximum atomic E-state index is 11.7. The van der Waals surface area contributed by atoms with Gasteiger partial charge in [0.15, 0.2) is 5.75 Å². The van der Waals surface area contributed by atoms with Gasteiger partial charge in [-0.05, 0) is 65.3 Å². The Kier molecular flexibility index (Phi) is 9.23. The molecule has 0 spiro atoms. The molecular formula is C30H30Cl2N2O3S2. The zero-order chi connectivity index (χ0) is 28.2. The number of hydrogen-bond donors (Lipinski definition) is 1. The standard InChI is InChI=1S/C30H30Cl2N2O3S2/c1-30(2,25-17-23(19-33)29(26(32)18-25)37-15-14-31)24-11-8-20(9-12-24)21-10-13-27-22(16-21)6-4-5-7-28(38-27)34-39(3,35)36/h7-13,16-18,34H,4-6,14-15H2,1-3H3/b28-7+. The van der Waals surface area contributed by atoms with Crippen LogP contribution in [0.3, 0.4) is 0 Å². The molecule has 1 aliphatic rings. The molecule has 204 valence electrons. The second-order valence-corrected chi connectivity index (χ2v) is 13.6. The normalized spacial score (nSPS) is 15.2. The zero-order valence-corrected chi connectivity index (χ0v) is 25.2. The molecule has 0 saturated carbocycles. The molecule has 3 aromatic rings. The van der Waals surface area contributed by atoms with Gasteiger partial charge in [-0.1, -0.05) is 79.7 Å². The van der Waals surface area contributed by atoms with Gasteiger partial charge >= 0.3 is 0 Å². The fourth-order valence-corrected chi connectivity index (χ4v) is 6.84. The third kappa shape index (κ3) is 7.12. The number of fused-ring (bicyclic) bond motifs is 1. The fourth-order valence-electron chi connectivity index (χ4n) is 4.56. The van der Waals surface area contributed by atoms with E-state index in [9.17, 15) is 13.7 Å². The summed E-state index contributed by atoms with van der Waals surface area (Å²) >= 11 is 13.7. The van der Waals surface area contributed by atoms with Crippen LogP contribution in [-0.4, -0.2) is 27.2 Å². The first-order valence-electron chi connectivity index (χ1n) is 12.5. The van der Waals surface area contributed by atoms with Crippen molar-refractivity contribution in [2.45, 2.75) is 43.4 Å². The predicted molar refractivity (Wildman–Crippen MR) is 161 cm³/mol. The predicted octanol–water partition coefficient (Wildman–Crippen LogP) is 7.64. The van der Waals surface area contributed by atoms with Crippen molar-refractivity contribution in [1.29, 1.82) is 5.26 Å². The number of nitriles is 1. The van der Waals surface area contributed by atoms with E-state index in [-0.39, 0.29) is 6.61 Å². The van der Waals surface area contributed by atoms with Gasteiger partial charge in [-0.25, -0.2) is 8.42 Å². The van der Waals surface area contributed by atoms with E-state index in [1.165, 1.54) is 23.6 Å². The van der Waals surface area contributed by atoms with Crippen molar-refractivity contribution in [1.82, 2.24) is 4.72 Å². The number of thioether (sulfide) groups is 1. The lowest BCUT2D eigenvalue weighted by molar-refractivity contribution is 0.341. The van der Waals surface area contributed by atoms with Gasteiger partial charge in [0.05, 0.1) is 27.8 Å². The van der Waals surface area contributed by atoms with Gasteiger partial charge in [0, 0.05) is 10.3 Å². The number of nitrogens with zero attached hydrogens (tertiary/aromatic N) is 1. The van der Waals surface area contributed by atoms with E-state index in [1.807, 2.05) is 18.2 Å². The van der Waals surface area contributed by atoms with Crippen LogP contribution in [0.2, 0.25) is 5.02 Å². The monoisotopic (exact) mass is 600 g/mol. The molecule has 0 fully saturated rings. The minimum Gasteiger partial charge on any atom is -0.489 e. The Morgan fingerprint density at radius 3 is 2.46 bits per heavy atom. The van der Waals surface area contributed by atoms with E-state index in [0.717, 1.165) is 46.4 Å². The summed E-state index contributed by atoms with van der Waals surface area (Å²) in [5.74, 6) is 0.670. The maximum Gasteiger partial charge on any atom is 0.230 e. The highest BCUT2D eigenvalue weighted by atomic mass is 35.5. The highest BCUT2D eigenvalue weighted by Gasteiger charge is 2.26. The summed E-state index contributed by atoms with van der Waals surface area (Å²) in [6.45, 7) is 4.48. The average molecular weight is 602 g/mol. The van der Waals surface area contributed by atoms with Crippen LogP contribution >= 0.6 is 35.0 Å². The van der Waals surface area contributed by atoms with Crippen LogP contribution in [0, 0.1) is 11.3 Å². The number of alkyl halides is 1. The third-order valence-corrected chi connectivity index (χ3v) is 8.96. The highest BCUT2D eigenvalue weighted by molar-refractivity contribution is 8.04. The molecule has 1 heterocycles. The van der Waals surface area contributed by atoms with E-state index in [2.05, 4.69) is 67.1 Å². The average Bonchev–Trinajstić information content (AvgIpc) is 2.88. The van der Waals surface area contributed by atoms with Crippen molar-refractivity contribution in [2.24, 2.45) is 0 Å². The molecule has 1 aliphatic heterocycles. The maximum absolute atomic E-state index is 11.7. The second-order valence-electron chi connectivity index (χ2n) is 9.95. The molecule has 3 aromatic carbocycles. The van der Waals surface area contributed by atoms with Gasteiger partial charge in [0.1, 0.15) is 12.7 Å². The van der Waals surface area contributed by atoms with E-state index in [1.54, 1.807) is 0 Å². The first-order valence-corrected chi connectivity index (χ1v) is 16.2. The van der Waals surface area contributed by atoms with Crippen LogP contribution in [0.15, 0.2) is 70.6 Å². The van der Waals surface area contributed by atoms with Crippen LogP contribution in [0.1, 0.15) is 48.9 Å². The summed E-state index contributed by atoms with van der Waals surface area (Å²) in [5, 5.41) is 10.7. The lowest BCUT2D eigenvalue weighted by atomic mass is 9.77. The second kappa shape index (κ2) is 12.3. The highest BCUT2D eigenvalue weighted by Crippen LogP contribution is 2.39. The number of hydrogen-bond acceptors (Lipinski definition) is 5. The molecule has 0 amide bonds. The number of nitrogens with one attached hydrogen (secondary N) is 1. The lowest BCUT2D eigenvalue weighted by Crippen LogP contribution is -2.20. The third-order valence-electron chi connectivity index (χ3n) is 6.70. The van der Waals surface area contributed by atoms with Crippen LogP contribution in [0.25, 0.3) is 11.1 Å². The van der Waals surface area contributed by atoms with Crippen molar-refractivity contribution >= 4 is 45.0 Å². The van der Waals surface area contributed by atoms with Crippen LogP contribution in [0.4, 0.5) is 0 Å². The molecule has 0 aromatic heterocycles. The van der Waals surface area contributed by atoms with Gasteiger partial charge in [0.25, 0.3) is 0 Å². The van der Waals surface area contributed by atoms with Gasteiger partial charge in [0.2, 0.25) is 10.0 Å². The Balaban J connectivity index is 1.60. The molecule has 0 bridgehead atoms. The summed E-state index contributed by atoms with van der Waals surface area (Å²) in [6.07, 6.45) is 5.82. The molecule has 0 atom stereocenters. The van der Waals surface area contributed by atoms with E-state index < -0.39 is 15.4 Å². The van der Waals surface area contributed by atoms with Gasteiger partial charge < -0.3 is 4.74 Å². The molecule has 5 nitrogen and oxygen atoms in total. The minimum atomic E-state index is -3.33. The summed E-state index contributed by atoms with van der Waals surface area (Å²) in [6, 6.07) is 20.6. The zero-order valence-electron chi connectivity index (χ0n) is 22.1. The Morgan fingerprint density at radius 1 is 1.08 bits per heavy atom. The van der Waals surface area contributed by atoms with E-state index in [4.69, 9.17) is 27.9 Å². The Bertz CT molecular complexity index is 1540. The Labute approximate surface area is 245 Å². The number of allylic oxidation sites excluding steroid dienone is 1. The number of sulfonamides is 1. The Hall–Kier alpha value is -2.63. The largest absolute Gasteiger partial charge is 0.489 e. The summed E-state index contributed by atoms with van der Waals surface area (Å²) in [7, 11) is -3.33. The Morgan fingerprint density at radius 2 is 1.79 bits per heavy atom. The van der Waals surface area contributed by atoms with Crippen molar-refractivity contribution in [3.05, 3.63) is 93.0 Å². The van der Waals surface area contributed by atoms with Gasteiger partial charge in [-0.2, -0.15) is 5.26 Å². The molecule has 4 rings (SSSR count). The summed E-state index contributed by atoms with van der Waals surface area (Å²) in [5.41, 5.74) is 5.39. The first kappa shape index (κ1) is 29.4. The topological polar surface area (TPSA) is 79.2 Å². The molecule has 0 saturated heterocycles. The van der Waals surface area contributed by atoms with E-state index >= 15 is 0 Å². The fraction of sp³-hybridized carbons (Fsp3) is 0.300. The van der Waals surface area contributed by atoms with Gasteiger partial charge in [-0.3, -0.25) is 4.72 Å². The van der Waals surface area contributed by atoms with Crippen LogP contribution in [0.5, 0.6) is 5.75 Å². The molecule has 39 heavy (non-hydrogen) atoms. The van der Waals surface area contributed by atoms with Crippen molar-refractivity contribution in [3.63, 3.8) is 0 Å². The lowest BCUT2D eigenvalue weighted by Gasteiger charge is -2.27. The summed E-state index contributed by atoms with van der Waals surface area (Å²) < 4.78 is 31.7. The van der Waals surface area contributed by atoms with Crippen molar-refractivity contribution < 1.29 is 13.2 Å². The molecule has 0 aliphatic carbocycles. The SMILES string of the molecule is CC(C)(c1ccc(-c2ccc3c(c2)CCC/C=C(\NS(C)(=O)=O)S3)cc1)c1cc(Cl)c(OCCCl)c(C#N)c1. The van der Waals surface area contributed by atoms with Crippen LogP contribution in [-0.2, 0) is 21.9 Å². The number of ether oxygens (including phenoxy) is 1. The number of halogens is 2. The molecule has 1 N–H and O–H groups in total. The first-order chi connectivity index (χ1) is 18.5. The molecule has 0 radical (unpaired) electrons. The van der Waals surface area contributed by atoms with E-state index in [0.29, 0.717) is 27.2 Å². The van der Waals surface area contributed by atoms with Crippen LogP contribution < -0.4 is 9.46 Å². The number of benzene rings is 3. The quantitative estimate of drug-likeness (QED) is 0.269.